The second kappa shape index (κ2) is 8.99. The van der Waals surface area contributed by atoms with Crippen LogP contribution in [0.3, 0.4) is 0 Å². The fourth-order valence-electron chi connectivity index (χ4n) is 2.18. The number of benzene rings is 2. The molecule has 0 spiro atoms. The van der Waals surface area contributed by atoms with Crippen molar-refractivity contribution in [3.05, 3.63) is 53.1 Å². The summed E-state index contributed by atoms with van der Waals surface area (Å²) in [5.41, 5.74) is 1.38. The van der Waals surface area contributed by atoms with Crippen molar-refractivity contribution in [3.8, 4) is 17.2 Å². The molecule has 5 nitrogen and oxygen atoms in total. The number of anilines is 1. The van der Waals surface area contributed by atoms with Crippen LogP contribution in [-0.2, 0) is 4.79 Å². The van der Waals surface area contributed by atoms with Crippen LogP contribution in [0.4, 0.5) is 5.69 Å². The minimum Gasteiger partial charge on any atom is -0.497 e. The van der Waals surface area contributed by atoms with Gasteiger partial charge in [0.15, 0.2) is 11.5 Å². The van der Waals surface area contributed by atoms with E-state index in [2.05, 4.69) is 5.32 Å². The second-order valence-corrected chi connectivity index (χ2v) is 5.43. The van der Waals surface area contributed by atoms with Gasteiger partial charge in [-0.2, -0.15) is 0 Å². The number of halogens is 1. The lowest BCUT2D eigenvalue weighted by Gasteiger charge is -2.11. The molecule has 0 aliphatic heterocycles. The van der Waals surface area contributed by atoms with E-state index in [0.717, 1.165) is 5.56 Å². The summed E-state index contributed by atoms with van der Waals surface area (Å²) in [5.74, 6) is 1.41. The van der Waals surface area contributed by atoms with E-state index < -0.39 is 0 Å². The summed E-state index contributed by atoms with van der Waals surface area (Å²) >= 11 is 6.22. The normalized spacial score (nSPS) is 10.6. The van der Waals surface area contributed by atoms with Crippen LogP contribution in [0.2, 0.25) is 5.02 Å². The molecule has 1 amide bonds. The fourth-order valence-corrected chi connectivity index (χ4v) is 2.45. The summed E-state index contributed by atoms with van der Waals surface area (Å²) in [6.45, 7) is 2.35. The third kappa shape index (κ3) is 5.16. The highest BCUT2D eigenvalue weighted by Gasteiger charge is 2.10. The van der Waals surface area contributed by atoms with Crippen molar-refractivity contribution in [2.24, 2.45) is 0 Å². The van der Waals surface area contributed by atoms with Crippen LogP contribution in [0.25, 0.3) is 6.08 Å². The van der Waals surface area contributed by atoms with Gasteiger partial charge in [-0.1, -0.05) is 17.7 Å². The first-order valence-electron chi connectivity index (χ1n) is 7.70. The van der Waals surface area contributed by atoms with Crippen LogP contribution >= 0.6 is 11.6 Å². The molecule has 6 heteroatoms. The van der Waals surface area contributed by atoms with Crippen molar-refractivity contribution in [2.45, 2.75) is 6.92 Å². The third-order valence-corrected chi connectivity index (χ3v) is 3.59. The Bertz CT molecular complexity index is 774. The molecule has 2 rings (SSSR count). The van der Waals surface area contributed by atoms with E-state index in [1.807, 2.05) is 6.92 Å². The standard InChI is InChI=1S/C19H20ClNO4/c1-4-25-19-16(20)10-13(11-17(19)24-3)8-9-18(22)21-14-6-5-7-15(12-14)23-2/h5-12H,4H2,1-3H3,(H,21,22)/b9-8+. The van der Waals surface area contributed by atoms with Crippen LogP contribution in [0.5, 0.6) is 17.2 Å². The molecule has 0 aliphatic rings. The minimum atomic E-state index is -0.266. The summed E-state index contributed by atoms with van der Waals surface area (Å²) in [5, 5.41) is 3.19. The van der Waals surface area contributed by atoms with Crippen molar-refractivity contribution in [2.75, 3.05) is 26.1 Å². The number of amides is 1. The molecule has 0 aliphatic carbocycles. The molecular weight excluding hydrogens is 342 g/mol. The Morgan fingerprint density at radius 2 is 2.00 bits per heavy atom. The van der Waals surface area contributed by atoms with Gasteiger partial charge in [0, 0.05) is 17.8 Å². The van der Waals surface area contributed by atoms with Crippen molar-refractivity contribution in [1.29, 1.82) is 0 Å². The zero-order valence-electron chi connectivity index (χ0n) is 14.3. The molecule has 0 fully saturated rings. The second-order valence-electron chi connectivity index (χ2n) is 5.02. The molecule has 0 heterocycles. The quantitative estimate of drug-likeness (QED) is 0.742. The highest BCUT2D eigenvalue weighted by Crippen LogP contribution is 2.36. The highest BCUT2D eigenvalue weighted by molar-refractivity contribution is 6.32. The van der Waals surface area contributed by atoms with Crippen molar-refractivity contribution >= 4 is 29.3 Å². The summed E-state index contributed by atoms with van der Waals surface area (Å²) in [7, 11) is 3.11. The predicted octanol–water partition coefficient (Wildman–Crippen LogP) is 4.41. The van der Waals surface area contributed by atoms with E-state index in [4.69, 9.17) is 25.8 Å². The summed E-state index contributed by atoms with van der Waals surface area (Å²) in [4.78, 5) is 12.1. The molecule has 0 bridgehead atoms. The molecule has 25 heavy (non-hydrogen) atoms. The molecule has 2 aromatic rings. The van der Waals surface area contributed by atoms with Gasteiger partial charge >= 0.3 is 0 Å². The van der Waals surface area contributed by atoms with E-state index >= 15 is 0 Å². The molecule has 2 aromatic carbocycles. The average Bonchev–Trinajstić information content (AvgIpc) is 2.62. The first-order valence-corrected chi connectivity index (χ1v) is 8.08. The van der Waals surface area contributed by atoms with Crippen molar-refractivity contribution in [3.63, 3.8) is 0 Å². The lowest BCUT2D eigenvalue weighted by atomic mass is 10.2. The van der Waals surface area contributed by atoms with Gasteiger partial charge in [0.25, 0.3) is 0 Å². The van der Waals surface area contributed by atoms with E-state index in [1.54, 1.807) is 49.6 Å². The monoisotopic (exact) mass is 361 g/mol. The summed E-state index contributed by atoms with van der Waals surface area (Å²) in [6.07, 6.45) is 3.07. The van der Waals surface area contributed by atoms with E-state index in [1.165, 1.54) is 13.2 Å². The Hall–Kier alpha value is -2.66. The van der Waals surface area contributed by atoms with Gasteiger partial charge in [-0.15, -0.1) is 0 Å². The predicted molar refractivity (Wildman–Crippen MR) is 99.8 cm³/mol. The Balaban J connectivity index is 2.12. The topological polar surface area (TPSA) is 56.8 Å². The van der Waals surface area contributed by atoms with Gasteiger partial charge in [0.2, 0.25) is 5.91 Å². The zero-order valence-corrected chi connectivity index (χ0v) is 15.1. The molecule has 0 saturated carbocycles. The molecule has 0 unspecified atom stereocenters. The first-order chi connectivity index (χ1) is 12.1. The van der Waals surface area contributed by atoms with Gasteiger partial charge in [-0.05, 0) is 42.8 Å². The lowest BCUT2D eigenvalue weighted by molar-refractivity contribution is -0.111. The van der Waals surface area contributed by atoms with Gasteiger partial charge in [-0.25, -0.2) is 0 Å². The molecule has 0 saturated heterocycles. The molecule has 0 aromatic heterocycles. The Kier molecular flexibility index (Phi) is 6.71. The average molecular weight is 362 g/mol. The molecule has 132 valence electrons. The van der Waals surface area contributed by atoms with Gasteiger partial charge in [-0.3, -0.25) is 4.79 Å². The SMILES string of the molecule is CCOc1c(Cl)cc(/C=C/C(=O)Nc2cccc(OC)c2)cc1OC. The molecule has 0 radical (unpaired) electrons. The number of hydrogen-bond acceptors (Lipinski definition) is 4. The largest absolute Gasteiger partial charge is 0.497 e. The Labute approximate surface area is 152 Å². The number of nitrogens with one attached hydrogen (secondary N) is 1. The number of methoxy groups -OCH3 is 2. The highest BCUT2D eigenvalue weighted by atomic mass is 35.5. The first kappa shape index (κ1) is 18.7. The fraction of sp³-hybridized carbons (Fsp3) is 0.211. The van der Waals surface area contributed by atoms with Crippen molar-refractivity contribution < 1.29 is 19.0 Å². The smallest absolute Gasteiger partial charge is 0.248 e. The number of carbonyl (C=O) groups is 1. The lowest BCUT2D eigenvalue weighted by Crippen LogP contribution is -2.07. The summed E-state index contributed by atoms with van der Waals surface area (Å²) in [6, 6.07) is 10.6. The number of carbonyl (C=O) groups excluding carboxylic acids is 1. The maximum Gasteiger partial charge on any atom is 0.248 e. The third-order valence-electron chi connectivity index (χ3n) is 3.30. The van der Waals surface area contributed by atoms with Crippen LogP contribution < -0.4 is 19.5 Å². The Morgan fingerprint density at radius 3 is 2.68 bits per heavy atom. The number of ether oxygens (including phenoxy) is 3. The zero-order chi connectivity index (χ0) is 18.2. The molecule has 1 N–H and O–H groups in total. The maximum atomic E-state index is 12.1. The van der Waals surface area contributed by atoms with Gasteiger partial charge in [0.05, 0.1) is 25.8 Å². The summed E-state index contributed by atoms with van der Waals surface area (Å²) < 4.78 is 15.9. The van der Waals surface area contributed by atoms with Crippen LogP contribution in [0.1, 0.15) is 12.5 Å². The maximum absolute atomic E-state index is 12.1. The molecule has 0 atom stereocenters. The number of hydrogen-bond donors (Lipinski definition) is 1. The van der Waals surface area contributed by atoms with Crippen LogP contribution in [-0.4, -0.2) is 26.7 Å². The van der Waals surface area contributed by atoms with Crippen LogP contribution in [0, 0.1) is 0 Å². The molecular formula is C19H20ClNO4. The Morgan fingerprint density at radius 1 is 1.20 bits per heavy atom. The number of rotatable bonds is 7. The van der Waals surface area contributed by atoms with Crippen LogP contribution in [0.15, 0.2) is 42.5 Å². The van der Waals surface area contributed by atoms with Crippen molar-refractivity contribution in [1.82, 2.24) is 0 Å². The minimum absolute atomic E-state index is 0.266. The van der Waals surface area contributed by atoms with Gasteiger partial charge < -0.3 is 19.5 Å². The van der Waals surface area contributed by atoms with Gasteiger partial charge in [0.1, 0.15) is 5.75 Å². The van der Waals surface area contributed by atoms with E-state index in [0.29, 0.717) is 34.6 Å². The van der Waals surface area contributed by atoms with E-state index in [-0.39, 0.29) is 5.91 Å². The van der Waals surface area contributed by atoms with E-state index in [9.17, 15) is 4.79 Å².